The Kier molecular flexibility index (Phi) is 6.27. The molecule has 0 fully saturated rings. The molecule has 4 aromatic rings. The Morgan fingerprint density at radius 1 is 1.12 bits per heavy atom. The zero-order valence-electron chi connectivity index (χ0n) is 17.3. The molecule has 0 aliphatic heterocycles. The monoisotopic (exact) mass is 463 g/mol. The van der Waals surface area contributed by atoms with Crippen LogP contribution in [0.3, 0.4) is 0 Å². The molecule has 2 heterocycles. The molecule has 4 rings (SSSR count). The van der Waals surface area contributed by atoms with Crippen molar-refractivity contribution >= 4 is 45.5 Å². The fourth-order valence-electron chi connectivity index (χ4n) is 3.19. The van der Waals surface area contributed by atoms with Crippen molar-refractivity contribution in [3.63, 3.8) is 0 Å². The number of amides is 1. The van der Waals surface area contributed by atoms with Gasteiger partial charge in [0, 0.05) is 5.39 Å². The average molecular weight is 463 g/mol. The number of anilines is 1. The maximum absolute atomic E-state index is 12.8. The summed E-state index contributed by atoms with van der Waals surface area (Å²) >= 11 is 1.49. The van der Waals surface area contributed by atoms with E-state index in [0.29, 0.717) is 16.6 Å². The molecule has 33 heavy (non-hydrogen) atoms. The van der Waals surface area contributed by atoms with Gasteiger partial charge in [0.25, 0.3) is 11.6 Å². The van der Waals surface area contributed by atoms with Gasteiger partial charge in [0.15, 0.2) is 6.61 Å². The molecule has 9 nitrogen and oxygen atoms in total. The summed E-state index contributed by atoms with van der Waals surface area (Å²) in [6.45, 7) is -0.618. The lowest BCUT2D eigenvalue weighted by Gasteiger charge is -2.10. The van der Waals surface area contributed by atoms with E-state index in [1.807, 2.05) is 23.6 Å². The number of carbonyl (C=O) groups excluding carboxylic acids is 2. The van der Waals surface area contributed by atoms with Crippen molar-refractivity contribution < 1.29 is 24.0 Å². The lowest BCUT2D eigenvalue weighted by Crippen LogP contribution is -2.21. The van der Waals surface area contributed by atoms with Crippen LogP contribution in [0.25, 0.3) is 21.5 Å². The minimum Gasteiger partial charge on any atom is -0.496 e. The van der Waals surface area contributed by atoms with E-state index >= 15 is 0 Å². The molecule has 2 aromatic heterocycles. The molecule has 0 aliphatic carbocycles. The van der Waals surface area contributed by atoms with Crippen molar-refractivity contribution in [1.82, 2.24) is 4.98 Å². The van der Waals surface area contributed by atoms with Gasteiger partial charge in [-0.15, -0.1) is 11.3 Å². The SMILES string of the molecule is COc1ccc(NC(=O)COC(=O)c2cc(-c3cccs3)nc3ccccc23)c([N+](=O)[O-])c1. The first-order valence-electron chi connectivity index (χ1n) is 9.69. The predicted octanol–water partition coefficient (Wildman–Crippen LogP) is 4.68. The number of nitrogens with one attached hydrogen (secondary N) is 1. The van der Waals surface area contributed by atoms with Crippen LogP contribution in [0.5, 0.6) is 5.75 Å². The van der Waals surface area contributed by atoms with Gasteiger partial charge in [-0.25, -0.2) is 9.78 Å². The number of carbonyl (C=O) groups is 2. The summed E-state index contributed by atoms with van der Waals surface area (Å²) in [7, 11) is 1.38. The summed E-state index contributed by atoms with van der Waals surface area (Å²) in [6.07, 6.45) is 0. The highest BCUT2D eigenvalue weighted by Gasteiger charge is 2.20. The average Bonchev–Trinajstić information content (AvgIpc) is 3.37. The van der Waals surface area contributed by atoms with Crippen molar-refractivity contribution in [2.45, 2.75) is 0 Å². The number of para-hydroxylation sites is 1. The van der Waals surface area contributed by atoms with E-state index in [9.17, 15) is 19.7 Å². The summed E-state index contributed by atoms with van der Waals surface area (Å²) in [5, 5.41) is 16.2. The Morgan fingerprint density at radius 2 is 1.94 bits per heavy atom. The number of rotatable bonds is 7. The van der Waals surface area contributed by atoms with Gasteiger partial charge in [-0.3, -0.25) is 14.9 Å². The van der Waals surface area contributed by atoms with Crippen LogP contribution in [0, 0.1) is 10.1 Å². The maximum atomic E-state index is 12.8. The van der Waals surface area contributed by atoms with Gasteiger partial charge in [0.2, 0.25) is 0 Å². The van der Waals surface area contributed by atoms with Gasteiger partial charge in [-0.1, -0.05) is 24.3 Å². The van der Waals surface area contributed by atoms with E-state index in [4.69, 9.17) is 9.47 Å². The molecule has 166 valence electrons. The molecule has 2 aromatic carbocycles. The smallest absolute Gasteiger partial charge is 0.339 e. The number of nitrogens with zero attached hydrogens (tertiary/aromatic N) is 2. The topological polar surface area (TPSA) is 121 Å². The van der Waals surface area contributed by atoms with Gasteiger partial charge in [0.05, 0.1) is 39.8 Å². The first-order chi connectivity index (χ1) is 16.0. The van der Waals surface area contributed by atoms with E-state index in [1.165, 1.54) is 36.6 Å². The summed E-state index contributed by atoms with van der Waals surface area (Å²) in [5.41, 5.74) is 1.14. The minimum absolute atomic E-state index is 0.0313. The number of thiophene rings is 1. The molecule has 0 radical (unpaired) electrons. The second-order valence-corrected chi connectivity index (χ2v) is 7.76. The van der Waals surface area contributed by atoms with Gasteiger partial charge >= 0.3 is 5.97 Å². The molecule has 0 spiro atoms. The molecular formula is C23H17N3O6S. The van der Waals surface area contributed by atoms with E-state index in [-0.39, 0.29) is 22.7 Å². The standard InChI is InChI=1S/C23H17N3O6S/c1-31-14-8-9-18(20(11-14)26(29)30)25-22(27)13-32-23(28)16-12-19(21-7-4-10-33-21)24-17-6-3-2-5-15(16)17/h2-12H,13H2,1H3,(H,25,27). The fraction of sp³-hybridized carbons (Fsp3) is 0.0870. The second-order valence-electron chi connectivity index (χ2n) is 6.81. The molecule has 0 saturated heterocycles. The van der Waals surface area contributed by atoms with E-state index < -0.39 is 23.4 Å². The van der Waals surface area contributed by atoms with Gasteiger partial charge < -0.3 is 14.8 Å². The summed E-state index contributed by atoms with van der Waals surface area (Å²) in [6, 6.07) is 16.6. The van der Waals surface area contributed by atoms with Gasteiger partial charge in [-0.2, -0.15) is 0 Å². The number of esters is 1. The predicted molar refractivity (Wildman–Crippen MR) is 124 cm³/mol. The quantitative estimate of drug-likeness (QED) is 0.240. The van der Waals surface area contributed by atoms with Gasteiger partial charge in [-0.05, 0) is 35.7 Å². The van der Waals surface area contributed by atoms with Crippen LogP contribution in [0.15, 0.2) is 66.0 Å². The number of ether oxygens (including phenoxy) is 2. The molecule has 10 heteroatoms. The van der Waals surface area contributed by atoms with Crippen LogP contribution in [0.1, 0.15) is 10.4 Å². The second kappa shape index (κ2) is 9.45. The van der Waals surface area contributed by atoms with Crippen molar-refractivity contribution in [2.75, 3.05) is 19.0 Å². The van der Waals surface area contributed by atoms with Crippen LogP contribution >= 0.6 is 11.3 Å². The van der Waals surface area contributed by atoms with Crippen molar-refractivity contribution in [3.05, 3.63) is 81.7 Å². The van der Waals surface area contributed by atoms with Crippen LogP contribution in [0.2, 0.25) is 0 Å². The first kappa shape index (κ1) is 21.9. The van der Waals surface area contributed by atoms with E-state index in [1.54, 1.807) is 24.3 Å². The summed E-state index contributed by atoms with van der Waals surface area (Å²) in [4.78, 5) is 41.3. The number of pyridine rings is 1. The summed E-state index contributed by atoms with van der Waals surface area (Å²) in [5.74, 6) is -1.14. The molecule has 1 amide bonds. The number of aromatic nitrogens is 1. The fourth-order valence-corrected chi connectivity index (χ4v) is 3.87. The van der Waals surface area contributed by atoms with E-state index in [0.717, 1.165) is 4.88 Å². The van der Waals surface area contributed by atoms with Crippen LogP contribution in [-0.2, 0) is 9.53 Å². The van der Waals surface area contributed by atoms with Gasteiger partial charge in [0.1, 0.15) is 11.4 Å². The third-order valence-electron chi connectivity index (χ3n) is 4.72. The molecule has 0 bridgehead atoms. The number of hydrogen-bond acceptors (Lipinski definition) is 8. The zero-order valence-corrected chi connectivity index (χ0v) is 18.1. The van der Waals surface area contributed by atoms with Crippen LogP contribution < -0.4 is 10.1 Å². The Bertz CT molecular complexity index is 1350. The van der Waals surface area contributed by atoms with E-state index in [2.05, 4.69) is 10.3 Å². The molecular weight excluding hydrogens is 446 g/mol. The Morgan fingerprint density at radius 3 is 2.67 bits per heavy atom. The molecule has 0 unspecified atom stereocenters. The molecule has 1 N–H and O–H groups in total. The highest BCUT2D eigenvalue weighted by Crippen LogP contribution is 2.30. The third-order valence-corrected chi connectivity index (χ3v) is 5.61. The normalized spacial score (nSPS) is 10.6. The molecule has 0 saturated carbocycles. The molecule has 0 aliphatic rings. The number of fused-ring (bicyclic) bond motifs is 1. The zero-order chi connectivity index (χ0) is 23.4. The molecule has 0 atom stereocenters. The number of hydrogen-bond donors (Lipinski definition) is 1. The maximum Gasteiger partial charge on any atom is 0.339 e. The van der Waals surface area contributed by atoms with Crippen LogP contribution in [-0.4, -0.2) is 35.5 Å². The minimum atomic E-state index is -0.714. The summed E-state index contributed by atoms with van der Waals surface area (Å²) < 4.78 is 10.2. The van der Waals surface area contributed by atoms with Crippen LogP contribution in [0.4, 0.5) is 11.4 Å². The van der Waals surface area contributed by atoms with Crippen molar-refractivity contribution in [3.8, 4) is 16.3 Å². The first-order valence-corrected chi connectivity index (χ1v) is 10.6. The highest BCUT2D eigenvalue weighted by molar-refractivity contribution is 7.13. The van der Waals surface area contributed by atoms with Crippen molar-refractivity contribution in [1.29, 1.82) is 0 Å². The number of nitro benzene ring substituents is 1. The Hall–Kier alpha value is -4.31. The Balaban J connectivity index is 1.53. The Labute approximate surface area is 191 Å². The van der Waals surface area contributed by atoms with Crippen molar-refractivity contribution in [2.24, 2.45) is 0 Å². The number of nitro groups is 1. The largest absolute Gasteiger partial charge is 0.496 e. The number of methoxy groups -OCH3 is 1. The lowest BCUT2D eigenvalue weighted by molar-refractivity contribution is -0.384. The number of benzene rings is 2. The highest BCUT2D eigenvalue weighted by atomic mass is 32.1. The third kappa shape index (κ3) is 4.80. The lowest BCUT2D eigenvalue weighted by atomic mass is 10.1.